The Hall–Kier alpha value is -1.51. The van der Waals surface area contributed by atoms with E-state index in [1.807, 2.05) is 13.8 Å². The zero-order valence-electron chi connectivity index (χ0n) is 10.3. The molecule has 5 N–H and O–H groups in total. The van der Waals surface area contributed by atoms with Gasteiger partial charge < -0.3 is 20.6 Å². The quantitative estimate of drug-likeness (QED) is 0.416. The summed E-state index contributed by atoms with van der Waals surface area (Å²) < 4.78 is 0. The molecule has 8 heteroatoms. The number of nitrogens with one attached hydrogen (secondary N) is 2. The molecule has 1 aromatic heterocycles. The average molecular weight is 258 g/mol. The van der Waals surface area contributed by atoms with Crippen molar-refractivity contribution >= 4 is 5.91 Å². The molecule has 0 aliphatic heterocycles. The Kier molecular flexibility index (Phi) is 4.76. The van der Waals surface area contributed by atoms with Crippen LogP contribution in [0.15, 0.2) is 0 Å². The largest absolute Gasteiger partial charge is 0.394 e. The minimum Gasteiger partial charge on any atom is -0.394 e. The van der Waals surface area contributed by atoms with Crippen LogP contribution < -0.4 is 5.32 Å². The normalized spacial score (nSPS) is 11.9. The first-order valence-corrected chi connectivity index (χ1v) is 5.55. The van der Waals surface area contributed by atoms with Crippen LogP contribution in [-0.4, -0.2) is 61.8 Å². The van der Waals surface area contributed by atoms with E-state index in [9.17, 15) is 4.79 Å². The number of carbonyl (C=O) groups excluding carboxylic acids is 1. The van der Waals surface area contributed by atoms with Crippen LogP contribution in [0, 0.1) is 0 Å². The summed E-state index contributed by atoms with van der Waals surface area (Å²) in [5, 5.41) is 35.9. The number of aromatic nitrogens is 3. The molecule has 0 fully saturated rings. The summed E-state index contributed by atoms with van der Waals surface area (Å²) in [7, 11) is 0. The van der Waals surface area contributed by atoms with Crippen LogP contribution >= 0.6 is 0 Å². The van der Waals surface area contributed by atoms with Crippen molar-refractivity contribution in [2.45, 2.75) is 25.3 Å². The lowest BCUT2D eigenvalue weighted by atomic mass is 10.0. The van der Waals surface area contributed by atoms with Crippen LogP contribution in [0.5, 0.6) is 0 Å². The summed E-state index contributed by atoms with van der Waals surface area (Å²) in [4.78, 5) is 15.8. The van der Waals surface area contributed by atoms with E-state index in [1.54, 1.807) is 0 Å². The number of hydrogen-bond acceptors (Lipinski definition) is 6. The zero-order valence-corrected chi connectivity index (χ0v) is 10.3. The number of rotatable bonds is 6. The zero-order chi connectivity index (χ0) is 13.8. The summed E-state index contributed by atoms with van der Waals surface area (Å²) in [6.07, 6.45) is 0. The second kappa shape index (κ2) is 5.89. The first kappa shape index (κ1) is 14.6. The lowest BCUT2D eigenvalue weighted by molar-refractivity contribution is 0.0371. The summed E-state index contributed by atoms with van der Waals surface area (Å²) in [5.41, 5.74) is -1.48. The fourth-order valence-electron chi connectivity index (χ4n) is 1.20. The van der Waals surface area contributed by atoms with Gasteiger partial charge >= 0.3 is 0 Å². The van der Waals surface area contributed by atoms with Crippen molar-refractivity contribution in [1.82, 2.24) is 20.5 Å². The van der Waals surface area contributed by atoms with Crippen molar-refractivity contribution in [2.75, 3.05) is 19.8 Å². The van der Waals surface area contributed by atoms with Gasteiger partial charge in [-0.2, -0.15) is 0 Å². The molecular formula is C10H18N4O4. The topological polar surface area (TPSA) is 131 Å². The molecule has 0 aromatic carbocycles. The first-order chi connectivity index (χ1) is 8.48. The Balaban J connectivity index is 2.80. The van der Waals surface area contributed by atoms with Crippen molar-refractivity contribution in [3.8, 4) is 0 Å². The van der Waals surface area contributed by atoms with Crippen molar-refractivity contribution in [3.63, 3.8) is 0 Å². The van der Waals surface area contributed by atoms with Gasteiger partial charge in [0.2, 0.25) is 5.82 Å². The van der Waals surface area contributed by atoms with E-state index in [1.165, 1.54) is 0 Å². The van der Waals surface area contributed by atoms with Gasteiger partial charge in [0.05, 0.1) is 19.8 Å². The molecule has 0 unspecified atom stereocenters. The summed E-state index contributed by atoms with van der Waals surface area (Å²) >= 11 is 0. The fraction of sp³-hybridized carbons (Fsp3) is 0.700. The SMILES string of the molecule is CC(C)c1nc(C(=O)NC(CO)(CO)CO)n[nH]1. The van der Waals surface area contributed by atoms with Gasteiger partial charge in [0.1, 0.15) is 11.4 Å². The Bertz CT molecular complexity index is 392. The van der Waals surface area contributed by atoms with Crippen molar-refractivity contribution in [1.29, 1.82) is 0 Å². The van der Waals surface area contributed by atoms with Crippen LogP contribution in [-0.2, 0) is 0 Å². The van der Waals surface area contributed by atoms with E-state index in [2.05, 4.69) is 20.5 Å². The number of nitrogens with zero attached hydrogens (tertiary/aromatic N) is 2. The Labute approximate surface area is 104 Å². The maximum Gasteiger partial charge on any atom is 0.291 e. The minimum absolute atomic E-state index is 0.0948. The Morgan fingerprint density at radius 3 is 2.28 bits per heavy atom. The molecule has 0 radical (unpaired) electrons. The molecule has 1 rings (SSSR count). The molecule has 0 spiro atoms. The van der Waals surface area contributed by atoms with Gasteiger partial charge in [0.15, 0.2) is 0 Å². The molecule has 102 valence electrons. The molecule has 1 amide bonds. The smallest absolute Gasteiger partial charge is 0.291 e. The number of amides is 1. The second-order valence-electron chi connectivity index (χ2n) is 4.41. The van der Waals surface area contributed by atoms with Crippen LogP contribution in [0.3, 0.4) is 0 Å². The standard InChI is InChI=1S/C10H18N4O4/c1-6(2)7-11-8(14-13-7)9(18)12-10(3-15,4-16)5-17/h6,15-17H,3-5H2,1-2H3,(H,12,18)(H,11,13,14). The molecule has 0 bridgehead atoms. The van der Waals surface area contributed by atoms with Gasteiger partial charge in [-0.15, -0.1) is 5.10 Å². The predicted molar refractivity (Wildman–Crippen MR) is 61.9 cm³/mol. The number of H-pyrrole nitrogens is 1. The number of aliphatic hydroxyl groups excluding tert-OH is 3. The van der Waals surface area contributed by atoms with Gasteiger partial charge in [-0.1, -0.05) is 13.8 Å². The molecule has 1 heterocycles. The van der Waals surface area contributed by atoms with Gasteiger partial charge in [-0.3, -0.25) is 9.89 Å². The number of aliphatic hydroxyl groups is 3. The van der Waals surface area contributed by atoms with E-state index in [-0.39, 0.29) is 11.7 Å². The van der Waals surface area contributed by atoms with Gasteiger partial charge in [-0.25, -0.2) is 4.98 Å². The third-order valence-electron chi connectivity index (χ3n) is 2.54. The maximum absolute atomic E-state index is 11.8. The molecule has 1 aromatic rings. The third kappa shape index (κ3) is 3.03. The Morgan fingerprint density at radius 2 is 1.89 bits per heavy atom. The third-order valence-corrected chi connectivity index (χ3v) is 2.54. The predicted octanol–water partition coefficient (Wildman–Crippen LogP) is -1.63. The van der Waals surface area contributed by atoms with E-state index in [0.717, 1.165) is 0 Å². The van der Waals surface area contributed by atoms with Crippen LogP contribution in [0.2, 0.25) is 0 Å². The summed E-state index contributed by atoms with van der Waals surface area (Å²) in [6.45, 7) is 2.01. The summed E-state index contributed by atoms with van der Waals surface area (Å²) in [5.74, 6) is -0.117. The number of carbonyl (C=O) groups is 1. The van der Waals surface area contributed by atoms with Crippen molar-refractivity contribution in [3.05, 3.63) is 11.6 Å². The molecular weight excluding hydrogens is 240 g/mol. The van der Waals surface area contributed by atoms with Gasteiger partial charge in [0, 0.05) is 5.92 Å². The van der Waals surface area contributed by atoms with Crippen LogP contribution in [0.25, 0.3) is 0 Å². The molecule has 0 saturated carbocycles. The molecule has 8 nitrogen and oxygen atoms in total. The Morgan fingerprint density at radius 1 is 1.33 bits per heavy atom. The monoisotopic (exact) mass is 258 g/mol. The minimum atomic E-state index is -1.48. The average Bonchev–Trinajstić information content (AvgIpc) is 2.86. The number of hydrogen-bond donors (Lipinski definition) is 5. The summed E-state index contributed by atoms with van der Waals surface area (Å²) in [6, 6.07) is 0. The van der Waals surface area contributed by atoms with Crippen molar-refractivity contribution in [2.24, 2.45) is 0 Å². The van der Waals surface area contributed by atoms with Crippen LogP contribution in [0.4, 0.5) is 0 Å². The van der Waals surface area contributed by atoms with E-state index in [0.29, 0.717) is 5.82 Å². The van der Waals surface area contributed by atoms with E-state index < -0.39 is 31.3 Å². The molecule has 0 atom stereocenters. The first-order valence-electron chi connectivity index (χ1n) is 5.55. The molecule has 18 heavy (non-hydrogen) atoms. The lowest BCUT2D eigenvalue weighted by Gasteiger charge is -2.27. The number of aromatic amines is 1. The van der Waals surface area contributed by atoms with Crippen LogP contribution in [0.1, 0.15) is 36.2 Å². The van der Waals surface area contributed by atoms with E-state index >= 15 is 0 Å². The highest BCUT2D eigenvalue weighted by molar-refractivity contribution is 5.90. The lowest BCUT2D eigenvalue weighted by Crippen LogP contribution is -2.57. The van der Waals surface area contributed by atoms with Gasteiger partial charge in [-0.05, 0) is 0 Å². The fourth-order valence-corrected chi connectivity index (χ4v) is 1.20. The highest BCUT2D eigenvalue weighted by Gasteiger charge is 2.31. The highest BCUT2D eigenvalue weighted by Crippen LogP contribution is 2.08. The maximum atomic E-state index is 11.8. The molecule has 0 aliphatic carbocycles. The van der Waals surface area contributed by atoms with E-state index in [4.69, 9.17) is 15.3 Å². The van der Waals surface area contributed by atoms with Gasteiger partial charge in [0.25, 0.3) is 5.91 Å². The highest BCUT2D eigenvalue weighted by atomic mass is 16.3. The second-order valence-corrected chi connectivity index (χ2v) is 4.41. The molecule has 0 aliphatic rings. The van der Waals surface area contributed by atoms with Crippen molar-refractivity contribution < 1.29 is 20.1 Å². The molecule has 0 saturated heterocycles.